The molecule has 3 heteroatoms. The number of carbonyl (C=O) groups is 1. The molecule has 0 aliphatic carbocycles. The number of amides is 1. The summed E-state index contributed by atoms with van der Waals surface area (Å²) in [6.07, 6.45) is 2.17. The molecule has 0 bridgehead atoms. The van der Waals surface area contributed by atoms with E-state index in [4.69, 9.17) is 0 Å². The van der Waals surface area contributed by atoms with Crippen molar-refractivity contribution < 1.29 is 4.79 Å². The summed E-state index contributed by atoms with van der Waals surface area (Å²) in [7, 11) is 2.18. The minimum atomic E-state index is 0.208. The van der Waals surface area contributed by atoms with Gasteiger partial charge in [-0.25, -0.2) is 0 Å². The van der Waals surface area contributed by atoms with E-state index in [0.29, 0.717) is 6.04 Å². The second kappa shape index (κ2) is 6.01. The molecule has 1 aromatic carbocycles. The summed E-state index contributed by atoms with van der Waals surface area (Å²) in [5, 5.41) is 0. The predicted octanol–water partition coefficient (Wildman–Crippen LogP) is 2.13. The Labute approximate surface area is 109 Å². The molecule has 0 aromatic heterocycles. The predicted molar refractivity (Wildman–Crippen MR) is 73.2 cm³/mol. The smallest absolute Gasteiger partial charge is 0.219 e. The normalized spacial score (nSPS) is 17.2. The zero-order chi connectivity index (χ0) is 13.0. The van der Waals surface area contributed by atoms with Crippen LogP contribution in [0.3, 0.4) is 0 Å². The zero-order valence-corrected chi connectivity index (χ0v) is 11.3. The molecule has 2 rings (SSSR count). The molecule has 98 valence electrons. The highest BCUT2D eigenvalue weighted by atomic mass is 16.2. The lowest BCUT2D eigenvalue weighted by molar-refractivity contribution is -0.130. The molecule has 3 nitrogen and oxygen atoms in total. The molecule has 18 heavy (non-hydrogen) atoms. The summed E-state index contributed by atoms with van der Waals surface area (Å²) in [5.41, 5.74) is 1.36. The van der Waals surface area contributed by atoms with Gasteiger partial charge in [0.05, 0.1) is 0 Å². The average Bonchev–Trinajstić information content (AvgIpc) is 2.40. The van der Waals surface area contributed by atoms with Crippen molar-refractivity contribution in [1.29, 1.82) is 0 Å². The zero-order valence-electron chi connectivity index (χ0n) is 11.3. The van der Waals surface area contributed by atoms with Crippen LogP contribution in [-0.2, 0) is 11.3 Å². The van der Waals surface area contributed by atoms with Gasteiger partial charge in [-0.05, 0) is 25.5 Å². The van der Waals surface area contributed by atoms with E-state index in [0.717, 1.165) is 32.5 Å². The van der Waals surface area contributed by atoms with E-state index >= 15 is 0 Å². The van der Waals surface area contributed by atoms with Crippen molar-refractivity contribution in [3.8, 4) is 0 Å². The lowest BCUT2D eigenvalue weighted by atomic mass is 10.0. The van der Waals surface area contributed by atoms with Gasteiger partial charge in [0.1, 0.15) is 0 Å². The topological polar surface area (TPSA) is 23.6 Å². The molecule has 0 N–H and O–H groups in total. The Hall–Kier alpha value is -1.35. The molecular formula is C15H22N2O. The van der Waals surface area contributed by atoms with Crippen molar-refractivity contribution in [2.75, 3.05) is 20.1 Å². The summed E-state index contributed by atoms with van der Waals surface area (Å²) in [6.45, 7) is 4.46. The minimum Gasteiger partial charge on any atom is -0.343 e. The lowest BCUT2D eigenvalue weighted by Crippen LogP contribution is -2.44. The fraction of sp³-hybridized carbons (Fsp3) is 0.533. The lowest BCUT2D eigenvalue weighted by Gasteiger charge is -2.36. The molecule has 0 unspecified atom stereocenters. The Balaban J connectivity index is 1.84. The van der Waals surface area contributed by atoms with Gasteiger partial charge in [0.25, 0.3) is 0 Å². The van der Waals surface area contributed by atoms with Gasteiger partial charge in [-0.1, -0.05) is 30.3 Å². The highest BCUT2D eigenvalue weighted by Crippen LogP contribution is 2.17. The largest absolute Gasteiger partial charge is 0.343 e. The van der Waals surface area contributed by atoms with Gasteiger partial charge in [-0.3, -0.25) is 9.69 Å². The fourth-order valence-corrected chi connectivity index (χ4v) is 2.62. The van der Waals surface area contributed by atoms with E-state index in [2.05, 4.69) is 42.3 Å². The van der Waals surface area contributed by atoms with Gasteiger partial charge in [0.15, 0.2) is 0 Å². The van der Waals surface area contributed by atoms with Crippen LogP contribution in [0.25, 0.3) is 0 Å². The molecule has 1 aliphatic heterocycles. The molecule has 1 aliphatic rings. The van der Waals surface area contributed by atoms with E-state index in [1.54, 1.807) is 6.92 Å². The quantitative estimate of drug-likeness (QED) is 0.815. The number of hydrogen-bond donors (Lipinski definition) is 0. The van der Waals surface area contributed by atoms with Gasteiger partial charge in [0.2, 0.25) is 5.91 Å². The van der Waals surface area contributed by atoms with E-state index in [1.165, 1.54) is 5.56 Å². The third kappa shape index (κ3) is 3.33. The van der Waals surface area contributed by atoms with E-state index in [1.807, 2.05) is 4.90 Å². The van der Waals surface area contributed by atoms with Crippen LogP contribution in [-0.4, -0.2) is 41.9 Å². The van der Waals surface area contributed by atoms with Gasteiger partial charge in [-0.2, -0.15) is 0 Å². The standard InChI is InChI=1S/C15H22N2O/c1-13(18)17-10-8-15(9-11-17)16(2)12-14-6-4-3-5-7-14/h3-7,15H,8-12H2,1-2H3. The van der Waals surface area contributed by atoms with Gasteiger partial charge in [0, 0.05) is 32.6 Å². The second-order valence-electron chi connectivity index (χ2n) is 5.14. The third-order valence-corrected chi connectivity index (χ3v) is 3.81. The van der Waals surface area contributed by atoms with Crippen LogP contribution < -0.4 is 0 Å². The van der Waals surface area contributed by atoms with Crippen molar-refractivity contribution in [1.82, 2.24) is 9.80 Å². The summed E-state index contributed by atoms with van der Waals surface area (Å²) in [4.78, 5) is 15.6. The average molecular weight is 246 g/mol. The number of likely N-dealkylation sites (tertiary alicyclic amines) is 1. The first-order valence-corrected chi connectivity index (χ1v) is 6.66. The first kappa shape index (κ1) is 13.1. The van der Waals surface area contributed by atoms with Crippen LogP contribution in [0.5, 0.6) is 0 Å². The number of nitrogens with zero attached hydrogens (tertiary/aromatic N) is 2. The van der Waals surface area contributed by atoms with Crippen molar-refractivity contribution in [2.45, 2.75) is 32.4 Å². The van der Waals surface area contributed by atoms with Gasteiger partial charge >= 0.3 is 0 Å². The molecule has 1 aromatic rings. The molecule has 1 saturated heterocycles. The molecule has 0 atom stereocenters. The molecule has 1 fully saturated rings. The summed E-state index contributed by atoms with van der Waals surface area (Å²) < 4.78 is 0. The van der Waals surface area contributed by atoms with Gasteiger partial charge < -0.3 is 4.90 Å². The third-order valence-electron chi connectivity index (χ3n) is 3.81. The Kier molecular flexibility index (Phi) is 4.37. The van der Waals surface area contributed by atoms with E-state index in [9.17, 15) is 4.79 Å². The number of carbonyl (C=O) groups excluding carboxylic acids is 1. The molecular weight excluding hydrogens is 224 g/mol. The van der Waals surface area contributed by atoms with Crippen molar-refractivity contribution in [3.63, 3.8) is 0 Å². The number of benzene rings is 1. The Bertz CT molecular complexity index is 383. The summed E-state index contributed by atoms with van der Waals surface area (Å²) >= 11 is 0. The first-order valence-electron chi connectivity index (χ1n) is 6.66. The number of rotatable bonds is 3. The van der Waals surface area contributed by atoms with Crippen LogP contribution in [0, 0.1) is 0 Å². The Morgan fingerprint density at radius 2 is 1.89 bits per heavy atom. The fourth-order valence-electron chi connectivity index (χ4n) is 2.62. The minimum absolute atomic E-state index is 0.208. The number of piperidine rings is 1. The van der Waals surface area contributed by atoms with Crippen LogP contribution in [0.4, 0.5) is 0 Å². The van der Waals surface area contributed by atoms with E-state index < -0.39 is 0 Å². The Morgan fingerprint density at radius 1 is 1.28 bits per heavy atom. The van der Waals surface area contributed by atoms with Crippen LogP contribution >= 0.6 is 0 Å². The van der Waals surface area contributed by atoms with E-state index in [-0.39, 0.29) is 5.91 Å². The molecule has 1 amide bonds. The second-order valence-corrected chi connectivity index (χ2v) is 5.14. The Morgan fingerprint density at radius 3 is 2.44 bits per heavy atom. The monoisotopic (exact) mass is 246 g/mol. The van der Waals surface area contributed by atoms with Crippen molar-refractivity contribution in [2.24, 2.45) is 0 Å². The highest BCUT2D eigenvalue weighted by Gasteiger charge is 2.23. The maximum Gasteiger partial charge on any atom is 0.219 e. The van der Waals surface area contributed by atoms with Crippen LogP contribution in [0.15, 0.2) is 30.3 Å². The van der Waals surface area contributed by atoms with Gasteiger partial charge in [-0.15, -0.1) is 0 Å². The van der Waals surface area contributed by atoms with Crippen molar-refractivity contribution >= 4 is 5.91 Å². The highest BCUT2D eigenvalue weighted by molar-refractivity contribution is 5.73. The SMILES string of the molecule is CC(=O)N1CCC(N(C)Cc2ccccc2)CC1. The van der Waals surface area contributed by atoms with Crippen LogP contribution in [0.2, 0.25) is 0 Å². The molecule has 0 radical (unpaired) electrons. The molecule has 1 heterocycles. The summed E-state index contributed by atoms with van der Waals surface area (Å²) in [6, 6.07) is 11.2. The first-order chi connectivity index (χ1) is 8.66. The molecule has 0 saturated carbocycles. The molecule has 0 spiro atoms. The maximum atomic E-state index is 11.3. The van der Waals surface area contributed by atoms with Crippen molar-refractivity contribution in [3.05, 3.63) is 35.9 Å². The number of hydrogen-bond acceptors (Lipinski definition) is 2. The van der Waals surface area contributed by atoms with Crippen LogP contribution in [0.1, 0.15) is 25.3 Å². The maximum absolute atomic E-state index is 11.3. The summed E-state index contributed by atoms with van der Waals surface area (Å²) in [5.74, 6) is 0.208.